The first-order valence-electron chi connectivity index (χ1n) is 11.0. The molecule has 0 radical (unpaired) electrons. The fraction of sp³-hybridized carbons (Fsp3) is 0.360. The molecular formula is C25H29N3O4. The normalized spacial score (nSPS) is 14.2. The lowest BCUT2D eigenvalue weighted by molar-refractivity contribution is 0.162. The van der Waals surface area contributed by atoms with Gasteiger partial charge >= 0.3 is 6.03 Å². The Labute approximate surface area is 187 Å². The van der Waals surface area contributed by atoms with Gasteiger partial charge in [0.2, 0.25) is 0 Å². The molecule has 1 heterocycles. The lowest BCUT2D eigenvalue weighted by Crippen LogP contribution is -2.44. The van der Waals surface area contributed by atoms with E-state index in [-0.39, 0.29) is 24.2 Å². The maximum Gasteiger partial charge on any atom is 0.322 e. The minimum absolute atomic E-state index is 0.0994. The smallest absolute Gasteiger partial charge is 0.322 e. The molecule has 1 saturated carbocycles. The first-order valence-corrected chi connectivity index (χ1v) is 11.0. The van der Waals surface area contributed by atoms with Crippen molar-refractivity contribution in [2.75, 3.05) is 19.5 Å². The molecule has 2 aromatic carbocycles. The van der Waals surface area contributed by atoms with Crippen LogP contribution in [0, 0.1) is 0 Å². The first-order chi connectivity index (χ1) is 15.6. The van der Waals surface area contributed by atoms with Gasteiger partial charge in [-0.15, -0.1) is 0 Å². The first kappa shape index (κ1) is 21.7. The van der Waals surface area contributed by atoms with E-state index in [0.29, 0.717) is 11.3 Å². The summed E-state index contributed by atoms with van der Waals surface area (Å²) in [6.07, 6.45) is 5.23. The number of nitrogens with one attached hydrogen (secondary N) is 2. The van der Waals surface area contributed by atoms with Gasteiger partial charge in [0.1, 0.15) is 11.5 Å². The molecule has 4 rings (SSSR count). The van der Waals surface area contributed by atoms with E-state index in [1.54, 1.807) is 19.1 Å². The van der Waals surface area contributed by atoms with Gasteiger partial charge < -0.3 is 24.7 Å². The number of hydrogen-bond donors (Lipinski definition) is 2. The zero-order valence-corrected chi connectivity index (χ0v) is 18.5. The Balaban J connectivity index is 1.62. The molecule has 0 unspecified atom stereocenters. The quantitative estimate of drug-likeness (QED) is 0.576. The van der Waals surface area contributed by atoms with E-state index in [2.05, 4.69) is 10.3 Å². The van der Waals surface area contributed by atoms with Gasteiger partial charge in [-0.2, -0.15) is 0 Å². The molecule has 2 N–H and O–H groups in total. The van der Waals surface area contributed by atoms with Crippen LogP contribution in [0.3, 0.4) is 0 Å². The largest absolute Gasteiger partial charge is 0.497 e. The Morgan fingerprint density at radius 3 is 2.38 bits per heavy atom. The molecule has 0 spiro atoms. The number of carbonyl (C=O) groups excluding carboxylic acids is 1. The van der Waals surface area contributed by atoms with Gasteiger partial charge in [0.25, 0.3) is 5.56 Å². The molecule has 2 amide bonds. The number of rotatable bonds is 6. The third kappa shape index (κ3) is 4.88. The number of amides is 2. The van der Waals surface area contributed by atoms with Crippen molar-refractivity contribution in [3.8, 4) is 11.5 Å². The number of pyridine rings is 1. The Bertz CT molecular complexity index is 1130. The predicted octanol–water partition coefficient (Wildman–Crippen LogP) is 4.91. The van der Waals surface area contributed by atoms with Gasteiger partial charge in [-0.1, -0.05) is 19.3 Å². The van der Waals surface area contributed by atoms with Crippen LogP contribution in [0.5, 0.6) is 11.5 Å². The van der Waals surface area contributed by atoms with Crippen molar-refractivity contribution in [3.63, 3.8) is 0 Å². The molecule has 1 aliphatic carbocycles. The molecule has 0 bridgehead atoms. The van der Waals surface area contributed by atoms with Crippen molar-refractivity contribution >= 4 is 22.6 Å². The van der Waals surface area contributed by atoms with Gasteiger partial charge in [0.15, 0.2) is 0 Å². The second kappa shape index (κ2) is 9.77. The van der Waals surface area contributed by atoms with Crippen molar-refractivity contribution in [1.82, 2.24) is 9.88 Å². The standard InChI is InChI=1S/C25H29N3O4/c1-31-21-10-8-19(9-11-21)26-25(30)28(20-6-4-3-5-7-20)16-18-14-17-15-22(32-2)12-13-23(17)27-24(18)29/h8-15,20H,3-7,16H2,1-2H3,(H,26,30)(H,27,29). The van der Waals surface area contributed by atoms with Gasteiger partial charge in [-0.3, -0.25) is 4.79 Å². The summed E-state index contributed by atoms with van der Waals surface area (Å²) in [7, 11) is 3.22. The second-order valence-electron chi connectivity index (χ2n) is 8.16. The molecule has 168 valence electrons. The highest BCUT2D eigenvalue weighted by Gasteiger charge is 2.26. The van der Waals surface area contributed by atoms with Crippen LogP contribution in [0.4, 0.5) is 10.5 Å². The lowest BCUT2D eigenvalue weighted by atomic mass is 9.94. The average molecular weight is 436 g/mol. The van der Waals surface area contributed by atoms with Crippen LogP contribution in [-0.2, 0) is 6.54 Å². The number of anilines is 1. The summed E-state index contributed by atoms with van der Waals surface area (Å²) in [6, 6.07) is 14.5. The van der Waals surface area contributed by atoms with E-state index < -0.39 is 0 Å². The third-order valence-corrected chi connectivity index (χ3v) is 6.09. The summed E-state index contributed by atoms with van der Waals surface area (Å²) in [5, 5.41) is 3.86. The molecule has 32 heavy (non-hydrogen) atoms. The monoisotopic (exact) mass is 435 g/mol. The molecule has 0 atom stereocenters. The molecule has 0 aliphatic heterocycles. The Morgan fingerprint density at radius 2 is 1.69 bits per heavy atom. The van der Waals surface area contributed by atoms with Gasteiger partial charge in [0, 0.05) is 28.2 Å². The molecule has 7 nitrogen and oxygen atoms in total. The van der Waals surface area contributed by atoms with E-state index in [0.717, 1.165) is 48.1 Å². The van der Waals surface area contributed by atoms with E-state index in [1.165, 1.54) is 6.42 Å². The van der Waals surface area contributed by atoms with Crippen molar-refractivity contribution in [2.45, 2.75) is 44.7 Å². The van der Waals surface area contributed by atoms with Gasteiger partial charge in [-0.05, 0) is 61.4 Å². The lowest BCUT2D eigenvalue weighted by Gasteiger charge is -2.34. The number of H-pyrrole nitrogens is 1. The number of aromatic nitrogens is 1. The SMILES string of the molecule is COc1ccc(NC(=O)N(Cc2cc3cc(OC)ccc3[nH]c2=O)C2CCCCC2)cc1. The van der Waals surface area contributed by atoms with E-state index in [4.69, 9.17) is 9.47 Å². The summed E-state index contributed by atoms with van der Waals surface area (Å²) in [5.74, 6) is 1.45. The fourth-order valence-electron chi connectivity index (χ4n) is 4.29. The van der Waals surface area contributed by atoms with E-state index in [9.17, 15) is 9.59 Å². The highest BCUT2D eigenvalue weighted by molar-refractivity contribution is 5.89. The molecule has 7 heteroatoms. The van der Waals surface area contributed by atoms with Crippen molar-refractivity contribution in [2.24, 2.45) is 0 Å². The summed E-state index contributed by atoms with van der Waals surface area (Å²) in [5.41, 5.74) is 1.81. The maximum absolute atomic E-state index is 13.3. The number of methoxy groups -OCH3 is 2. The summed E-state index contributed by atoms with van der Waals surface area (Å²) in [6.45, 7) is 0.245. The zero-order valence-electron chi connectivity index (χ0n) is 18.5. The molecule has 1 fully saturated rings. The second-order valence-corrected chi connectivity index (χ2v) is 8.16. The Morgan fingerprint density at radius 1 is 1.00 bits per heavy atom. The predicted molar refractivity (Wildman–Crippen MR) is 126 cm³/mol. The molecular weight excluding hydrogens is 406 g/mol. The number of benzene rings is 2. The highest BCUT2D eigenvalue weighted by Crippen LogP contribution is 2.26. The summed E-state index contributed by atoms with van der Waals surface area (Å²) >= 11 is 0. The Kier molecular flexibility index (Phi) is 6.63. The van der Waals surface area contributed by atoms with Crippen molar-refractivity contribution in [3.05, 3.63) is 64.4 Å². The number of aromatic amines is 1. The van der Waals surface area contributed by atoms with Crippen molar-refractivity contribution < 1.29 is 14.3 Å². The van der Waals surface area contributed by atoms with Gasteiger partial charge in [0.05, 0.1) is 20.8 Å². The highest BCUT2D eigenvalue weighted by atomic mass is 16.5. The van der Waals surface area contributed by atoms with Crippen LogP contribution >= 0.6 is 0 Å². The molecule has 3 aromatic rings. The number of carbonyl (C=O) groups is 1. The van der Waals surface area contributed by atoms with Crippen LogP contribution < -0.4 is 20.3 Å². The fourth-order valence-corrected chi connectivity index (χ4v) is 4.29. The van der Waals surface area contributed by atoms with Crippen LogP contribution in [0.1, 0.15) is 37.7 Å². The summed E-state index contributed by atoms with van der Waals surface area (Å²) < 4.78 is 10.5. The number of nitrogens with zero attached hydrogens (tertiary/aromatic N) is 1. The minimum atomic E-state index is -0.202. The number of urea groups is 1. The third-order valence-electron chi connectivity index (χ3n) is 6.09. The Hall–Kier alpha value is -3.48. The van der Waals surface area contributed by atoms with Gasteiger partial charge in [-0.25, -0.2) is 4.79 Å². The summed E-state index contributed by atoms with van der Waals surface area (Å²) in [4.78, 5) is 30.8. The average Bonchev–Trinajstić information content (AvgIpc) is 2.83. The van der Waals surface area contributed by atoms with Crippen LogP contribution in [0.15, 0.2) is 53.3 Å². The maximum atomic E-state index is 13.3. The topological polar surface area (TPSA) is 83.7 Å². The minimum Gasteiger partial charge on any atom is -0.497 e. The molecule has 1 aliphatic rings. The zero-order chi connectivity index (χ0) is 22.5. The van der Waals surface area contributed by atoms with Crippen LogP contribution in [0.25, 0.3) is 10.9 Å². The molecule has 1 aromatic heterocycles. The van der Waals surface area contributed by atoms with E-state index >= 15 is 0 Å². The van der Waals surface area contributed by atoms with Crippen molar-refractivity contribution in [1.29, 1.82) is 0 Å². The van der Waals surface area contributed by atoms with Crippen LogP contribution in [-0.4, -0.2) is 36.2 Å². The number of fused-ring (bicyclic) bond motifs is 1. The number of ether oxygens (including phenoxy) is 2. The number of hydrogen-bond acceptors (Lipinski definition) is 4. The van der Waals surface area contributed by atoms with E-state index in [1.807, 2.05) is 48.5 Å². The van der Waals surface area contributed by atoms with Crippen LogP contribution in [0.2, 0.25) is 0 Å². The molecule has 0 saturated heterocycles.